The van der Waals surface area contributed by atoms with Crippen molar-refractivity contribution in [2.24, 2.45) is 0 Å². The fourth-order valence-corrected chi connectivity index (χ4v) is 2.99. The number of rotatable bonds is 9. The van der Waals surface area contributed by atoms with Gasteiger partial charge in [-0.25, -0.2) is 9.59 Å². The molecule has 7 heteroatoms. The van der Waals surface area contributed by atoms with Crippen LogP contribution in [0.1, 0.15) is 52.3 Å². The van der Waals surface area contributed by atoms with Crippen LogP contribution < -0.4 is 10.6 Å². The SMILES string of the molecule is CC(C)NC(=O)NCc1ccc(C(=O)OCCCC(=O)c2cccs2)cc1. The third-order valence-corrected chi connectivity index (χ3v) is 4.55. The molecule has 0 unspecified atom stereocenters. The number of benzene rings is 1. The molecule has 0 radical (unpaired) electrons. The van der Waals surface area contributed by atoms with E-state index in [4.69, 9.17) is 4.74 Å². The summed E-state index contributed by atoms with van der Waals surface area (Å²) in [7, 11) is 0. The van der Waals surface area contributed by atoms with Gasteiger partial charge >= 0.3 is 12.0 Å². The Labute approximate surface area is 162 Å². The van der Waals surface area contributed by atoms with Crippen LogP contribution in [0.5, 0.6) is 0 Å². The smallest absolute Gasteiger partial charge is 0.338 e. The van der Waals surface area contributed by atoms with E-state index in [1.54, 1.807) is 30.3 Å². The van der Waals surface area contributed by atoms with E-state index >= 15 is 0 Å². The average molecular weight is 388 g/mol. The zero-order valence-electron chi connectivity index (χ0n) is 15.5. The standard InChI is InChI=1S/C20H24N2O4S/c1-14(2)22-20(25)21-13-15-7-9-16(10-8-15)19(24)26-11-3-5-17(23)18-6-4-12-27-18/h4,6-10,12,14H,3,5,11,13H2,1-2H3,(H2,21,22,25). The monoisotopic (exact) mass is 388 g/mol. The van der Waals surface area contributed by atoms with Gasteiger partial charge in [-0.1, -0.05) is 18.2 Å². The maximum atomic E-state index is 12.0. The van der Waals surface area contributed by atoms with Crippen LogP contribution in [0.2, 0.25) is 0 Å². The van der Waals surface area contributed by atoms with Gasteiger partial charge in [-0.15, -0.1) is 11.3 Å². The van der Waals surface area contributed by atoms with E-state index in [2.05, 4.69) is 10.6 Å². The highest BCUT2D eigenvalue weighted by Crippen LogP contribution is 2.12. The average Bonchev–Trinajstić information content (AvgIpc) is 3.18. The minimum atomic E-state index is -0.421. The molecule has 0 aliphatic rings. The molecule has 1 aromatic carbocycles. The van der Waals surface area contributed by atoms with Crippen LogP contribution in [-0.4, -0.2) is 30.4 Å². The van der Waals surface area contributed by atoms with Crippen molar-refractivity contribution in [1.82, 2.24) is 10.6 Å². The lowest BCUT2D eigenvalue weighted by Gasteiger charge is -2.10. The highest BCUT2D eigenvalue weighted by molar-refractivity contribution is 7.12. The van der Waals surface area contributed by atoms with Gasteiger partial charge in [0.05, 0.1) is 17.0 Å². The summed E-state index contributed by atoms with van der Waals surface area (Å²) >= 11 is 1.41. The van der Waals surface area contributed by atoms with E-state index in [-0.39, 0.29) is 24.5 Å². The van der Waals surface area contributed by atoms with Gasteiger partial charge in [-0.3, -0.25) is 4.79 Å². The summed E-state index contributed by atoms with van der Waals surface area (Å²) in [5, 5.41) is 7.35. The van der Waals surface area contributed by atoms with Crippen molar-refractivity contribution in [2.75, 3.05) is 6.61 Å². The Kier molecular flexibility index (Phi) is 8.00. The van der Waals surface area contributed by atoms with Gasteiger partial charge in [-0.2, -0.15) is 0 Å². The fourth-order valence-electron chi connectivity index (χ4n) is 2.30. The number of carbonyl (C=O) groups excluding carboxylic acids is 3. The second-order valence-electron chi connectivity index (χ2n) is 6.32. The Hall–Kier alpha value is -2.67. The predicted molar refractivity (Wildman–Crippen MR) is 105 cm³/mol. The number of esters is 1. The summed E-state index contributed by atoms with van der Waals surface area (Å²) in [6, 6.07) is 10.3. The molecule has 2 N–H and O–H groups in total. The summed E-state index contributed by atoms with van der Waals surface area (Å²) in [6.07, 6.45) is 0.853. The molecule has 0 spiro atoms. The number of hydrogen-bond donors (Lipinski definition) is 2. The number of amides is 2. The number of ketones is 1. The molecular formula is C20H24N2O4S. The van der Waals surface area contributed by atoms with Crippen molar-refractivity contribution in [3.8, 4) is 0 Å². The van der Waals surface area contributed by atoms with Crippen LogP contribution in [-0.2, 0) is 11.3 Å². The minimum Gasteiger partial charge on any atom is -0.462 e. The van der Waals surface area contributed by atoms with E-state index in [1.165, 1.54) is 11.3 Å². The van der Waals surface area contributed by atoms with Crippen LogP contribution in [0, 0.1) is 0 Å². The first-order valence-electron chi connectivity index (χ1n) is 8.83. The van der Waals surface area contributed by atoms with Crippen molar-refractivity contribution < 1.29 is 19.1 Å². The quantitative estimate of drug-likeness (QED) is 0.389. The molecule has 27 heavy (non-hydrogen) atoms. The second-order valence-corrected chi connectivity index (χ2v) is 7.27. The lowest BCUT2D eigenvalue weighted by molar-refractivity contribution is 0.0494. The third kappa shape index (κ3) is 7.22. The molecule has 0 saturated heterocycles. The molecule has 2 rings (SSSR count). The van der Waals surface area contributed by atoms with Crippen LogP contribution in [0.15, 0.2) is 41.8 Å². The van der Waals surface area contributed by atoms with Gasteiger partial charge in [0.1, 0.15) is 0 Å². The Balaban J connectivity index is 1.70. The van der Waals surface area contributed by atoms with Crippen molar-refractivity contribution in [1.29, 1.82) is 0 Å². The van der Waals surface area contributed by atoms with Crippen molar-refractivity contribution in [3.63, 3.8) is 0 Å². The Morgan fingerprint density at radius 1 is 1.11 bits per heavy atom. The summed E-state index contributed by atoms with van der Waals surface area (Å²) in [6.45, 7) is 4.35. The first kappa shape index (κ1) is 20.6. The highest BCUT2D eigenvalue weighted by atomic mass is 32.1. The van der Waals surface area contributed by atoms with E-state index in [0.717, 1.165) is 10.4 Å². The van der Waals surface area contributed by atoms with Crippen LogP contribution >= 0.6 is 11.3 Å². The van der Waals surface area contributed by atoms with E-state index < -0.39 is 5.97 Å². The Morgan fingerprint density at radius 2 is 1.85 bits per heavy atom. The molecule has 144 valence electrons. The van der Waals surface area contributed by atoms with Crippen molar-refractivity contribution in [2.45, 2.75) is 39.3 Å². The molecule has 1 heterocycles. The summed E-state index contributed by atoms with van der Waals surface area (Å²) in [5.74, 6) is -0.352. The Bertz CT molecular complexity index is 755. The maximum Gasteiger partial charge on any atom is 0.338 e. The largest absolute Gasteiger partial charge is 0.462 e. The number of urea groups is 1. The van der Waals surface area contributed by atoms with E-state index in [9.17, 15) is 14.4 Å². The van der Waals surface area contributed by atoms with Gasteiger partial charge < -0.3 is 15.4 Å². The van der Waals surface area contributed by atoms with Gasteiger partial charge in [0.2, 0.25) is 0 Å². The lowest BCUT2D eigenvalue weighted by Crippen LogP contribution is -2.39. The molecule has 0 aliphatic carbocycles. The molecule has 0 aliphatic heterocycles. The predicted octanol–water partition coefficient (Wildman–Crippen LogP) is 3.78. The highest BCUT2D eigenvalue weighted by Gasteiger charge is 2.10. The number of hydrogen-bond acceptors (Lipinski definition) is 5. The molecule has 0 atom stereocenters. The van der Waals surface area contributed by atoms with Gasteiger partial charge in [0.15, 0.2) is 5.78 Å². The summed E-state index contributed by atoms with van der Waals surface area (Å²) in [4.78, 5) is 36.2. The second kappa shape index (κ2) is 10.5. The van der Waals surface area contributed by atoms with Crippen molar-refractivity contribution >= 4 is 29.1 Å². The molecule has 6 nitrogen and oxygen atoms in total. The van der Waals surface area contributed by atoms with Crippen LogP contribution in [0.25, 0.3) is 0 Å². The third-order valence-electron chi connectivity index (χ3n) is 3.64. The topological polar surface area (TPSA) is 84.5 Å². The minimum absolute atomic E-state index is 0.0689. The van der Waals surface area contributed by atoms with E-state index in [1.807, 2.05) is 25.3 Å². The maximum absolute atomic E-state index is 12.0. The van der Waals surface area contributed by atoms with Crippen LogP contribution in [0.4, 0.5) is 4.79 Å². The molecule has 1 aromatic heterocycles. The molecule has 0 bridgehead atoms. The van der Waals surface area contributed by atoms with Crippen LogP contribution in [0.3, 0.4) is 0 Å². The number of ether oxygens (including phenoxy) is 1. The first-order valence-corrected chi connectivity index (χ1v) is 9.71. The normalized spacial score (nSPS) is 10.5. The van der Waals surface area contributed by atoms with Gasteiger partial charge in [0, 0.05) is 19.0 Å². The van der Waals surface area contributed by atoms with E-state index in [0.29, 0.717) is 24.9 Å². The molecule has 2 amide bonds. The Morgan fingerprint density at radius 3 is 2.48 bits per heavy atom. The van der Waals surface area contributed by atoms with Crippen molar-refractivity contribution in [3.05, 3.63) is 57.8 Å². The van der Waals surface area contributed by atoms with Gasteiger partial charge in [0.25, 0.3) is 0 Å². The first-order chi connectivity index (χ1) is 13.0. The number of nitrogens with one attached hydrogen (secondary N) is 2. The molecular weight excluding hydrogens is 364 g/mol. The number of carbonyl (C=O) groups is 3. The molecule has 0 fully saturated rings. The molecule has 0 saturated carbocycles. The zero-order chi connectivity index (χ0) is 19.6. The molecule has 2 aromatic rings. The zero-order valence-corrected chi connectivity index (χ0v) is 16.3. The summed E-state index contributed by atoms with van der Waals surface area (Å²) < 4.78 is 5.21. The lowest BCUT2D eigenvalue weighted by atomic mass is 10.1. The van der Waals surface area contributed by atoms with Gasteiger partial charge in [-0.05, 0) is 49.4 Å². The number of thiophene rings is 1. The number of Topliss-reactive ketones (excluding diaryl/α,β-unsaturated/α-hetero) is 1. The summed E-state index contributed by atoms with van der Waals surface area (Å²) in [5.41, 5.74) is 1.32. The fraction of sp³-hybridized carbons (Fsp3) is 0.350.